The molecule has 3 heteroatoms. The number of hydrogen-bond acceptors (Lipinski definition) is 3. The van der Waals surface area contributed by atoms with E-state index in [0.717, 1.165) is 29.2 Å². The lowest BCUT2D eigenvalue weighted by molar-refractivity contribution is -0.0581. The molecule has 0 bridgehead atoms. The van der Waals surface area contributed by atoms with E-state index in [1.54, 1.807) is 0 Å². The monoisotopic (exact) mass is 237 g/mol. The minimum atomic E-state index is -0.739. The third kappa shape index (κ3) is 1.87. The molecule has 1 unspecified atom stereocenters. The Morgan fingerprint density at radius 2 is 2.12 bits per heavy atom. The molecule has 0 saturated carbocycles. The zero-order valence-electron chi connectivity index (χ0n) is 10.2. The summed E-state index contributed by atoms with van der Waals surface area (Å²) in [5.41, 5.74) is 1.13. The van der Waals surface area contributed by atoms with Crippen LogP contribution in [-0.2, 0) is 5.60 Å². The van der Waals surface area contributed by atoms with E-state index in [0.29, 0.717) is 0 Å². The van der Waals surface area contributed by atoms with Gasteiger partial charge in [-0.3, -0.25) is 4.98 Å². The highest BCUT2D eigenvalue weighted by atomic mass is 32.2. The van der Waals surface area contributed by atoms with Crippen LogP contribution in [0.4, 0.5) is 0 Å². The number of aliphatic hydroxyl groups is 1. The standard InChI is InChI=1S/C13H19NOS/c1-10-4-5-11(8-14-10)13(15)9-16-7-6-12(13,2)3/h4-5,8,15H,6-7,9H2,1-3H3. The molecule has 0 aromatic carbocycles. The molecule has 1 aliphatic heterocycles. The third-order valence-electron chi connectivity index (χ3n) is 3.69. The molecule has 1 N–H and O–H groups in total. The molecule has 0 radical (unpaired) electrons. The quantitative estimate of drug-likeness (QED) is 0.815. The summed E-state index contributed by atoms with van der Waals surface area (Å²) in [4.78, 5) is 4.30. The number of aryl methyl sites for hydroxylation is 1. The van der Waals surface area contributed by atoms with Crippen LogP contribution in [0.15, 0.2) is 18.3 Å². The zero-order chi connectivity index (χ0) is 11.8. The molecule has 0 spiro atoms. The van der Waals surface area contributed by atoms with Gasteiger partial charge >= 0.3 is 0 Å². The summed E-state index contributed by atoms with van der Waals surface area (Å²) in [5.74, 6) is 1.90. The van der Waals surface area contributed by atoms with E-state index in [1.165, 1.54) is 0 Å². The van der Waals surface area contributed by atoms with Crippen molar-refractivity contribution < 1.29 is 5.11 Å². The van der Waals surface area contributed by atoms with Crippen molar-refractivity contribution in [3.63, 3.8) is 0 Å². The first-order chi connectivity index (χ1) is 7.46. The lowest BCUT2D eigenvalue weighted by Crippen LogP contribution is -2.47. The van der Waals surface area contributed by atoms with Gasteiger partial charge < -0.3 is 5.11 Å². The van der Waals surface area contributed by atoms with Crippen LogP contribution >= 0.6 is 11.8 Å². The Morgan fingerprint density at radius 1 is 1.38 bits per heavy atom. The van der Waals surface area contributed by atoms with Crippen molar-refractivity contribution in [2.24, 2.45) is 5.41 Å². The number of aromatic nitrogens is 1. The van der Waals surface area contributed by atoms with Crippen LogP contribution in [0.3, 0.4) is 0 Å². The highest BCUT2D eigenvalue weighted by molar-refractivity contribution is 7.99. The number of thioether (sulfide) groups is 1. The molecule has 2 nitrogen and oxygen atoms in total. The normalized spacial score (nSPS) is 29.0. The van der Waals surface area contributed by atoms with Crippen molar-refractivity contribution in [1.29, 1.82) is 0 Å². The largest absolute Gasteiger partial charge is 0.384 e. The molecule has 88 valence electrons. The molecule has 1 fully saturated rings. The van der Waals surface area contributed by atoms with Gasteiger partial charge in [-0.1, -0.05) is 19.9 Å². The number of rotatable bonds is 1. The van der Waals surface area contributed by atoms with Crippen LogP contribution in [0.25, 0.3) is 0 Å². The van der Waals surface area contributed by atoms with Crippen molar-refractivity contribution in [2.75, 3.05) is 11.5 Å². The highest BCUT2D eigenvalue weighted by Crippen LogP contribution is 2.48. The van der Waals surface area contributed by atoms with Crippen LogP contribution in [0.2, 0.25) is 0 Å². The smallest absolute Gasteiger partial charge is 0.105 e. The molecule has 16 heavy (non-hydrogen) atoms. The lowest BCUT2D eigenvalue weighted by atomic mass is 9.70. The Kier molecular flexibility index (Phi) is 3.01. The third-order valence-corrected chi connectivity index (χ3v) is 4.81. The Balaban J connectivity index is 2.39. The summed E-state index contributed by atoms with van der Waals surface area (Å²) >= 11 is 1.83. The lowest BCUT2D eigenvalue weighted by Gasteiger charge is -2.46. The van der Waals surface area contributed by atoms with Crippen molar-refractivity contribution in [2.45, 2.75) is 32.8 Å². The van der Waals surface area contributed by atoms with E-state index < -0.39 is 5.60 Å². The van der Waals surface area contributed by atoms with Gasteiger partial charge in [-0.15, -0.1) is 0 Å². The summed E-state index contributed by atoms with van der Waals surface area (Å²) in [5, 5.41) is 10.9. The van der Waals surface area contributed by atoms with Crippen molar-refractivity contribution in [1.82, 2.24) is 4.98 Å². The topological polar surface area (TPSA) is 33.1 Å². The van der Waals surface area contributed by atoms with Crippen LogP contribution in [-0.4, -0.2) is 21.6 Å². The zero-order valence-corrected chi connectivity index (χ0v) is 11.0. The molecule has 1 saturated heterocycles. The van der Waals surface area contributed by atoms with Crippen molar-refractivity contribution in [3.05, 3.63) is 29.6 Å². The second-order valence-electron chi connectivity index (χ2n) is 5.23. The fourth-order valence-corrected chi connectivity index (χ4v) is 3.79. The van der Waals surface area contributed by atoms with Crippen molar-refractivity contribution in [3.8, 4) is 0 Å². The predicted molar refractivity (Wildman–Crippen MR) is 68.6 cm³/mol. The fraction of sp³-hybridized carbons (Fsp3) is 0.615. The maximum atomic E-state index is 10.9. The molecular weight excluding hydrogens is 218 g/mol. The molecule has 2 rings (SSSR count). The Labute approximate surface area is 101 Å². The van der Waals surface area contributed by atoms with E-state index in [-0.39, 0.29) is 5.41 Å². The van der Waals surface area contributed by atoms with Crippen molar-refractivity contribution >= 4 is 11.8 Å². The van der Waals surface area contributed by atoms with Crippen LogP contribution in [0, 0.1) is 12.3 Å². The molecule has 0 aliphatic carbocycles. The van der Waals surface area contributed by atoms with E-state index in [4.69, 9.17) is 0 Å². The summed E-state index contributed by atoms with van der Waals surface area (Å²) in [6, 6.07) is 3.98. The van der Waals surface area contributed by atoms with Crippen LogP contribution < -0.4 is 0 Å². The molecule has 2 heterocycles. The van der Waals surface area contributed by atoms with Gasteiger partial charge in [-0.2, -0.15) is 11.8 Å². The molecular formula is C13H19NOS. The van der Waals surface area contributed by atoms with E-state index >= 15 is 0 Å². The first-order valence-corrected chi connectivity index (χ1v) is 6.84. The van der Waals surface area contributed by atoms with E-state index in [1.807, 2.05) is 37.0 Å². The molecule has 1 atom stereocenters. The number of pyridine rings is 1. The maximum Gasteiger partial charge on any atom is 0.105 e. The molecule has 1 aliphatic rings. The van der Waals surface area contributed by atoms with Gasteiger partial charge in [0.15, 0.2) is 0 Å². The summed E-state index contributed by atoms with van der Waals surface area (Å²) in [7, 11) is 0. The van der Waals surface area contributed by atoms with Gasteiger partial charge in [-0.25, -0.2) is 0 Å². The number of hydrogen-bond donors (Lipinski definition) is 1. The second kappa shape index (κ2) is 4.04. The Bertz CT molecular complexity index is 374. The van der Waals surface area contributed by atoms with Gasteiger partial charge in [0.25, 0.3) is 0 Å². The van der Waals surface area contributed by atoms with Crippen LogP contribution in [0.1, 0.15) is 31.5 Å². The minimum Gasteiger partial charge on any atom is -0.384 e. The van der Waals surface area contributed by atoms with Gasteiger partial charge in [0.2, 0.25) is 0 Å². The summed E-state index contributed by atoms with van der Waals surface area (Å²) in [6.45, 7) is 6.26. The average molecular weight is 237 g/mol. The number of nitrogens with zero attached hydrogens (tertiary/aromatic N) is 1. The first-order valence-electron chi connectivity index (χ1n) is 5.69. The maximum absolute atomic E-state index is 10.9. The molecule has 1 aromatic heterocycles. The SMILES string of the molecule is Cc1ccc(C2(O)CSCCC2(C)C)cn1. The average Bonchev–Trinajstić information content (AvgIpc) is 2.23. The fourth-order valence-electron chi connectivity index (χ4n) is 2.14. The van der Waals surface area contributed by atoms with E-state index in [9.17, 15) is 5.11 Å². The molecule has 1 aromatic rings. The summed E-state index contributed by atoms with van der Waals surface area (Å²) in [6.07, 6.45) is 2.87. The predicted octanol–water partition coefficient (Wildman–Crippen LogP) is 2.74. The first kappa shape index (κ1) is 11.9. The summed E-state index contributed by atoms with van der Waals surface area (Å²) < 4.78 is 0. The molecule has 0 amide bonds. The van der Waals surface area contributed by atoms with Gasteiger partial charge in [0.1, 0.15) is 5.60 Å². The van der Waals surface area contributed by atoms with Gasteiger partial charge in [0, 0.05) is 23.2 Å². The highest BCUT2D eigenvalue weighted by Gasteiger charge is 2.46. The van der Waals surface area contributed by atoms with Gasteiger partial charge in [-0.05, 0) is 30.6 Å². The Morgan fingerprint density at radius 3 is 2.69 bits per heavy atom. The van der Waals surface area contributed by atoms with E-state index in [2.05, 4.69) is 18.8 Å². The van der Waals surface area contributed by atoms with Gasteiger partial charge in [0.05, 0.1) is 0 Å². The van der Waals surface area contributed by atoms with Crippen LogP contribution in [0.5, 0.6) is 0 Å². The second-order valence-corrected chi connectivity index (χ2v) is 6.34. The minimum absolute atomic E-state index is 0.0742. The Hall–Kier alpha value is -0.540.